The smallest absolute Gasteiger partial charge is 0.311 e. The van der Waals surface area contributed by atoms with Crippen LogP contribution in [0.25, 0.3) is 5.69 Å². The van der Waals surface area contributed by atoms with Crippen molar-refractivity contribution in [2.75, 3.05) is 13.1 Å². The van der Waals surface area contributed by atoms with Gasteiger partial charge in [-0.05, 0) is 25.5 Å². The molecule has 1 fully saturated rings. The minimum Gasteiger partial charge on any atom is -0.481 e. The second kappa shape index (κ2) is 6.04. The number of carbonyl (C=O) groups is 3. The molecule has 8 nitrogen and oxygen atoms in total. The van der Waals surface area contributed by atoms with Gasteiger partial charge in [-0.2, -0.15) is 5.10 Å². The van der Waals surface area contributed by atoms with Crippen LogP contribution in [0, 0.1) is 5.41 Å². The predicted octanol–water partition coefficient (Wildman–Crippen LogP) is 0.908. The monoisotopic (exact) mass is 342 g/mol. The van der Waals surface area contributed by atoms with Gasteiger partial charge in [0.2, 0.25) is 0 Å². The Morgan fingerprint density at radius 2 is 1.92 bits per heavy atom. The van der Waals surface area contributed by atoms with Gasteiger partial charge in [0.1, 0.15) is 5.69 Å². The lowest BCUT2D eigenvalue weighted by molar-refractivity contribution is -0.147. The number of carbonyl (C=O) groups excluding carboxylic acids is 2. The summed E-state index contributed by atoms with van der Waals surface area (Å²) in [4.78, 5) is 37.2. The van der Waals surface area contributed by atoms with Crippen LogP contribution < -0.4 is 5.73 Å². The number of para-hydroxylation sites is 1. The maximum absolute atomic E-state index is 12.7. The summed E-state index contributed by atoms with van der Waals surface area (Å²) >= 11 is 0. The first-order valence-corrected chi connectivity index (χ1v) is 7.80. The van der Waals surface area contributed by atoms with Crippen LogP contribution in [0.3, 0.4) is 0 Å². The molecule has 25 heavy (non-hydrogen) atoms. The van der Waals surface area contributed by atoms with E-state index in [4.69, 9.17) is 5.73 Å². The third-order valence-corrected chi connectivity index (χ3v) is 4.46. The van der Waals surface area contributed by atoms with Crippen LogP contribution in [0.5, 0.6) is 0 Å². The quantitative estimate of drug-likeness (QED) is 0.856. The molecule has 3 N–H and O–H groups in total. The van der Waals surface area contributed by atoms with Crippen LogP contribution in [-0.4, -0.2) is 50.7 Å². The van der Waals surface area contributed by atoms with Gasteiger partial charge in [-0.3, -0.25) is 14.4 Å². The number of primary amides is 1. The molecule has 2 aromatic rings. The summed E-state index contributed by atoms with van der Waals surface area (Å²) in [5.74, 6) is -2.05. The zero-order valence-electron chi connectivity index (χ0n) is 13.7. The van der Waals surface area contributed by atoms with E-state index < -0.39 is 23.2 Å². The Morgan fingerprint density at radius 1 is 1.24 bits per heavy atom. The van der Waals surface area contributed by atoms with Gasteiger partial charge in [0, 0.05) is 19.2 Å². The normalized spacial score (nSPS) is 19.8. The number of hydrogen-bond donors (Lipinski definition) is 2. The Hall–Kier alpha value is -3.16. The lowest BCUT2D eigenvalue weighted by Gasteiger charge is -2.19. The summed E-state index contributed by atoms with van der Waals surface area (Å²) in [5.41, 5.74) is 5.19. The molecule has 1 atom stereocenters. The van der Waals surface area contributed by atoms with Crippen LogP contribution in [0.15, 0.2) is 36.4 Å². The molecule has 3 rings (SSSR count). The van der Waals surface area contributed by atoms with Crippen molar-refractivity contribution in [2.45, 2.75) is 13.3 Å². The van der Waals surface area contributed by atoms with Gasteiger partial charge in [0.15, 0.2) is 5.69 Å². The zero-order chi connectivity index (χ0) is 18.2. The molecule has 1 saturated heterocycles. The fraction of sp³-hybridized carbons (Fsp3) is 0.294. The summed E-state index contributed by atoms with van der Waals surface area (Å²) in [5, 5.41) is 13.5. The molecule has 2 heterocycles. The number of likely N-dealkylation sites (tertiary alicyclic amines) is 1. The fourth-order valence-electron chi connectivity index (χ4n) is 2.90. The van der Waals surface area contributed by atoms with Gasteiger partial charge in [0.25, 0.3) is 11.8 Å². The Morgan fingerprint density at radius 3 is 2.48 bits per heavy atom. The molecule has 1 aliphatic rings. The summed E-state index contributed by atoms with van der Waals surface area (Å²) in [6, 6.07) is 10.2. The number of rotatable bonds is 4. The second-order valence-corrected chi connectivity index (χ2v) is 6.37. The topological polar surface area (TPSA) is 119 Å². The molecule has 0 bridgehead atoms. The maximum atomic E-state index is 12.7. The van der Waals surface area contributed by atoms with E-state index in [-0.39, 0.29) is 17.9 Å². The van der Waals surface area contributed by atoms with Crippen LogP contribution in [0.1, 0.15) is 34.3 Å². The average Bonchev–Trinajstić information content (AvgIpc) is 3.20. The van der Waals surface area contributed by atoms with Gasteiger partial charge in [-0.15, -0.1) is 0 Å². The maximum Gasteiger partial charge on any atom is 0.311 e. The number of carboxylic acid groups (broad SMARTS) is 1. The first kappa shape index (κ1) is 16.7. The van der Waals surface area contributed by atoms with E-state index in [1.54, 1.807) is 31.2 Å². The molecule has 0 radical (unpaired) electrons. The van der Waals surface area contributed by atoms with Gasteiger partial charge in [-0.1, -0.05) is 18.2 Å². The molecular weight excluding hydrogens is 324 g/mol. The number of carboxylic acids is 1. The standard InChI is InChI=1S/C17H18N4O4/c1-17(16(24)25)7-8-20(10-17)15(23)12-9-13(14(18)22)21(19-12)11-5-3-2-4-6-11/h2-6,9H,7-8,10H2,1H3,(H2,18,22)(H,24,25)/t17-/m0/s1. The summed E-state index contributed by atoms with van der Waals surface area (Å²) in [6.45, 7) is 2.04. The van der Waals surface area contributed by atoms with E-state index >= 15 is 0 Å². The van der Waals surface area contributed by atoms with Crippen LogP contribution in [-0.2, 0) is 4.79 Å². The third-order valence-electron chi connectivity index (χ3n) is 4.46. The molecule has 1 aromatic heterocycles. The lowest BCUT2D eigenvalue weighted by Crippen LogP contribution is -2.35. The van der Waals surface area contributed by atoms with Crippen molar-refractivity contribution in [3.63, 3.8) is 0 Å². The second-order valence-electron chi connectivity index (χ2n) is 6.37. The van der Waals surface area contributed by atoms with Crippen molar-refractivity contribution in [1.29, 1.82) is 0 Å². The molecule has 1 aliphatic heterocycles. The Bertz CT molecular complexity index is 846. The number of benzene rings is 1. The Balaban J connectivity index is 1.92. The molecule has 0 aliphatic carbocycles. The van der Waals surface area contributed by atoms with Crippen molar-refractivity contribution in [3.05, 3.63) is 47.8 Å². The third kappa shape index (κ3) is 2.98. The van der Waals surface area contributed by atoms with Gasteiger partial charge in [0.05, 0.1) is 11.1 Å². The highest BCUT2D eigenvalue weighted by molar-refractivity contribution is 5.98. The number of aromatic nitrogens is 2. The number of amides is 2. The number of nitrogens with zero attached hydrogens (tertiary/aromatic N) is 3. The van der Waals surface area contributed by atoms with E-state index in [9.17, 15) is 19.5 Å². The number of hydrogen-bond acceptors (Lipinski definition) is 4. The average molecular weight is 342 g/mol. The van der Waals surface area contributed by atoms with Crippen LogP contribution >= 0.6 is 0 Å². The number of nitrogens with two attached hydrogens (primary N) is 1. The first-order chi connectivity index (χ1) is 11.8. The van der Waals surface area contributed by atoms with Crippen molar-refractivity contribution < 1.29 is 19.5 Å². The highest BCUT2D eigenvalue weighted by atomic mass is 16.4. The molecule has 8 heteroatoms. The predicted molar refractivity (Wildman–Crippen MR) is 88.3 cm³/mol. The van der Waals surface area contributed by atoms with Gasteiger partial charge >= 0.3 is 5.97 Å². The summed E-state index contributed by atoms with van der Waals surface area (Å²) in [6.07, 6.45) is 0.371. The number of aliphatic carboxylic acids is 1. The summed E-state index contributed by atoms with van der Waals surface area (Å²) in [7, 11) is 0. The molecule has 0 unspecified atom stereocenters. The molecular formula is C17H18N4O4. The SMILES string of the molecule is C[C@]1(C(=O)O)CCN(C(=O)c2cc(C(N)=O)n(-c3ccccc3)n2)C1. The highest BCUT2D eigenvalue weighted by Crippen LogP contribution is 2.31. The van der Waals surface area contributed by atoms with E-state index in [0.717, 1.165) is 0 Å². The van der Waals surface area contributed by atoms with Crippen molar-refractivity contribution in [1.82, 2.24) is 14.7 Å². The minimum atomic E-state index is -0.968. The van der Waals surface area contributed by atoms with Crippen molar-refractivity contribution in [2.24, 2.45) is 11.1 Å². The molecule has 0 spiro atoms. The van der Waals surface area contributed by atoms with Gasteiger partial charge < -0.3 is 15.7 Å². The van der Waals surface area contributed by atoms with E-state index in [2.05, 4.69) is 5.10 Å². The van der Waals surface area contributed by atoms with Crippen LogP contribution in [0.2, 0.25) is 0 Å². The summed E-state index contributed by atoms with van der Waals surface area (Å²) < 4.78 is 1.32. The van der Waals surface area contributed by atoms with Crippen LogP contribution in [0.4, 0.5) is 0 Å². The molecule has 2 amide bonds. The molecule has 1 aromatic carbocycles. The minimum absolute atomic E-state index is 0.0623. The largest absolute Gasteiger partial charge is 0.481 e. The van der Waals surface area contributed by atoms with E-state index in [0.29, 0.717) is 18.7 Å². The van der Waals surface area contributed by atoms with Crippen molar-refractivity contribution in [3.8, 4) is 5.69 Å². The fourth-order valence-corrected chi connectivity index (χ4v) is 2.90. The molecule has 0 saturated carbocycles. The highest BCUT2D eigenvalue weighted by Gasteiger charge is 2.42. The van der Waals surface area contributed by atoms with Gasteiger partial charge in [-0.25, -0.2) is 4.68 Å². The lowest BCUT2D eigenvalue weighted by atomic mass is 9.90. The van der Waals surface area contributed by atoms with E-state index in [1.807, 2.05) is 6.07 Å². The van der Waals surface area contributed by atoms with E-state index in [1.165, 1.54) is 15.6 Å². The molecule has 130 valence electrons. The Kier molecular flexibility index (Phi) is 4.03. The van der Waals surface area contributed by atoms with Crippen molar-refractivity contribution >= 4 is 17.8 Å². The Labute approximate surface area is 143 Å². The first-order valence-electron chi connectivity index (χ1n) is 7.80. The zero-order valence-corrected chi connectivity index (χ0v) is 13.7.